The highest BCUT2D eigenvalue weighted by atomic mass is 79.9. The molecule has 0 aromatic heterocycles. The minimum absolute atomic E-state index is 0.0493. The second kappa shape index (κ2) is 8.56. The largest absolute Gasteiger partial charge is 0.395 e. The maximum atomic E-state index is 13.9. The summed E-state index contributed by atoms with van der Waals surface area (Å²) in [6.45, 7) is 3.01. The lowest BCUT2D eigenvalue weighted by molar-refractivity contribution is 0.102. The lowest BCUT2D eigenvalue weighted by Gasteiger charge is -2.14. The summed E-state index contributed by atoms with van der Waals surface area (Å²) in [5, 5.41) is 11.7. The molecule has 0 aliphatic carbocycles. The standard InChI is InChI=1S/C15H16BrF4NO2/c1-3-4-8(5-21-7(2)6-22)15(23)9-11(17)13(19)10(16)14(20)12(9)18/h4,7,21-22H,3,5-6H2,1-2H3. The van der Waals surface area contributed by atoms with Gasteiger partial charge in [-0.1, -0.05) is 13.0 Å². The van der Waals surface area contributed by atoms with E-state index < -0.39 is 39.1 Å². The Balaban J connectivity index is 3.28. The third-order valence-electron chi connectivity index (χ3n) is 3.09. The van der Waals surface area contributed by atoms with Crippen LogP contribution in [0, 0.1) is 23.3 Å². The number of halogens is 5. The topological polar surface area (TPSA) is 49.3 Å². The van der Waals surface area contributed by atoms with Crippen LogP contribution in [-0.4, -0.2) is 30.1 Å². The average molecular weight is 398 g/mol. The third-order valence-corrected chi connectivity index (χ3v) is 3.79. The normalized spacial score (nSPS) is 13.3. The van der Waals surface area contributed by atoms with Gasteiger partial charge in [-0.05, 0) is 29.3 Å². The van der Waals surface area contributed by atoms with E-state index in [1.54, 1.807) is 13.8 Å². The van der Waals surface area contributed by atoms with Crippen LogP contribution in [0.1, 0.15) is 30.6 Å². The van der Waals surface area contributed by atoms with Gasteiger partial charge in [0.1, 0.15) is 0 Å². The number of Topliss-reactive ketones (excluding diaryl/α,β-unsaturated/α-hetero) is 1. The number of ketones is 1. The number of aliphatic hydroxyl groups is 1. The molecule has 3 nitrogen and oxygen atoms in total. The number of carbonyl (C=O) groups is 1. The van der Waals surface area contributed by atoms with Crippen molar-refractivity contribution in [3.63, 3.8) is 0 Å². The van der Waals surface area contributed by atoms with E-state index in [1.165, 1.54) is 6.08 Å². The lowest BCUT2D eigenvalue weighted by Crippen LogP contribution is -2.33. The molecule has 0 fully saturated rings. The van der Waals surface area contributed by atoms with Crippen LogP contribution in [0.25, 0.3) is 0 Å². The number of allylic oxidation sites excluding steroid dienone is 1. The molecule has 1 rings (SSSR count). The number of hydrogen-bond acceptors (Lipinski definition) is 3. The first-order chi connectivity index (χ1) is 10.8. The van der Waals surface area contributed by atoms with Crippen molar-refractivity contribution in [2.24, 2.45) is 0 Å². The first-order valence-electron chi connectivity index (χ1n) is 6.85. The highest BCUT2D eigenvalue weighted by Gasteiger charge is 2.29. The second-order valence-electron chi connectivity index (χ2n) is 4.88. The lowest BCUT2D eigenvalue weighted by atomic mass is 10.0. The van der Waals surface area contributed by atoms with Crippen molar-refractivity contribution < 1.29 is 27.5 Å². The Labute approximate surface area is 139 Å². The molecule has 0 heterocycles. The number of hydrogen-bond donors (Lipinski definition) is 2. The van der Waals surface area contributed by atoms with Crippen LogP contribution in [-0.2, 0) is 0 Å². The number of nitrogens with one attached hydrogen (secondary N) is 1. The van der Waals surface area contributed by atoms with E-state index in [4.69, 9.17) is 5.11 Å². The van der Waals surface area contributed by atoms with Gasteiger partial charge in [0.25, 0.3) is 0 Å². The van der Waals surface area contributed by atoms with Crippen LogP contribution < -0.4 is 5.32 Å². The highest BCUT2D eigenvalue weighted by molar-refractivity contribution is 9.10. The van der Waals surface area contributed by atoms with Crippen molar-refractivity contribution in [1.82, 2.24) is 5.32 Å². The Kier molecular flexibility index (Phi) is 7.37. The Morgan fingerprint density at radius 3 is 2.17 bits per heavy atom. The maximum absolute atomic E-state index is 13.9. The Bertz CT molecular complexity index is 605. The molecule has 1 unspecified atom stereocenters. The molecular weight excluding hydrogens is 382 g/mol. The summed E-state index contributed by atoms with van der Waals surface area (Å²) in [4.78, 5) is 12.3. The molecule has 0 aliphatic heterocycles. The van der Waals surface area contributed by atoms with Crippen LogP contribution in [0.3, 0.4) is 0 Å². The molecule has 0 aliphatic rings. The zero-order valence-corrected chi connectivity index (χ0v) is 14.1. The minimum Gasteiger partial charge on any atom is -0.395 e. The van der Waals surface area contributed by atoms with Gasteiger partial charge < -0.3 is 10.4 Å². The van der Waals surface area contributed by atoms with Crippen molar-refractivity contribution >= 4 is 21.7 Å². The van der Waals surface area contributed by atoms with E-state index in [0.717, 1.165) is 0 Å². The molecule has 23 heavy (non-hydrogen) atoms. The summed E-state index contributed by atoms with van der Waals surface area (Å²) < 4.78 is 53.9. The fourth-order valence-electron chi connectivity index (χ4n) is 1.81. The summed E-state index contributed by atoms with van der Waals surface area (Å²) in [6.07, 6.45) is 1.77. The average Bonchev–Trinajstić information content (AvgIpc) is 2.54. The molecule has 0 bridgehead atoms. The molecule has 0 saturated carbocycles. The van der Waals surface area contributed by atoms with Crippen molar-refractivity contribution in [3.05, 3.63) is 45.0 Å². The number of benzene rings is 1. The number of rotatable bonds is 7. The summed E-state index contributed by atoms with van der Waals surface area (Å²) in [7, 11) is 0. The molecule has 0 saturated heterocycles. The van der Waals surface area contributed by atoms with E-state index in [9.17, 15) is 22.4 Å². The van der Waals surface area contributed by atoms with Gasteiger partial charge in [-0.3, -0.25) is 4.79 Å². The van der Waals surface area contributed by atoms with Gasteiger partial charge >= 0.3 is 0 Å². The number of carbonyl (C=O) groups excluding carboxylic acids is 1. The molecule has 0 radical (unpaired) electrons. The predicted octanol–water partition coefficient (Wildman–Crippen LogP) is 3.50. The third kappa shape index (κ3) is 4.39. The van der Waals surface area contributed by atoms with Crippen molar-refractivity contribution in [1.29, 1.82) is 0 Å². The molecule has 1 aromatic carbocycles. The van der Waals surface area contributed by atoms with Gasteiger partial charge in [0, 0.05) is 18.2 Å². The van der Waals surface area contributed by atoms with Crippen LogP contribution in [0.15, 0.2) is 16.1 Å². The van der Waals surface area contributed by atoms with Crippen LogP contribution in [0.2, 0.25) is 0 Å². The first kappa shape index (κ1) is 19.8. The summed E-state index contributed by atoms with van der Waals surface area (Å²) in [5.74, 6) is -7.99. The van der Waals surface area contributed by atoms with Crippen LogP contribution in [0.5, 0.6) is 0 Å². The summed E-state index contributed by atoms with van der Waals surface area (Å²) in [5.41, 5.74) is -1.33. The SMILES string of the molecule is CCC=C(CNC(C)CO)C(=O)c1c(F)c(F)c(Br)c(F)c1F. The van der Waals surface area contributed by atoms with E-state index in [-0.39, 0.29) is 24.8 Å². The Morgan fingerprint density at radius 1 is 1.22 bits per heavy atom. The smallest absolute Gasteiger partial charge is 0.196 e. The van der Waals surface area contributed by atoms with E-state index in [1.807, 2.05) is 0 Å². The highest BCUT2D eigenvalue weighted by Crippen LogP contribution is 2.29. The molecule has 8 heteroatoms. The van der Waals surface area contributed by atoms with Crippen LogP contribution >= 0.6 is 15.9 Å². The summed E-state index contributed by atoms with van der Waals surface area (Å²) in [6, 6.07) is -0.365. The fraction of sp³-hybridized carbons (Fsp3) is 0.400. The molecule has 0 amide bonds. The monoisotopic (exact) mass is 397 g/mol. The van der Waals surface area contributed by atoms with Gasteiger partial charge in [0.05, 0.1) is 16.6 Å². The van der Waals surface area contributed by atoms with Crippen molar-refractivity contribution in [3.8, 4) is 0 Å². The molecular formula is C15H16BrF4NO2. The Morgan fingerprint density at radius 2 is 1.74 bits per heavy atom. The molecule has 1 atom stereocenters. The predicted molar refractivity (Wildman–Crippen MR) is 81.2 cm³/mol. The quantitative estimate of drug-likeness (QED) is 0.243. The molecule has 128 valence electrons. The second-order valence-corrected chi connectivity index (χ2v) is 5.67. The van der Waals surface area contributed by atoms with E-state index in [2.05, 4.69) is 21.2 Å². The molecule has 0 spiro atoms. The summed E-state index contributed by atoms with van der Waals surface area (Å²) >= 11 is 2.39. The van der Waals surface area contributed by atoms with Gasteiger partial charge in [-0.25, -0.2) is 17.6 Å². The van der Waals surface area contributed by atoms with Crippen LogP contribution in [0.4, 0.5) is 17.6 Å². The molecule has 2 N–H and O–H groups in total. The fourth-order valence-corrected chi connectivity index (χ4v) is 2.15. The van der Waals surface area contributed by atoms with E-state index >= 15 is 0 Å². The molecule has 1 aromatic rings. The maximum Gasteiger partial charge on any atom is 0.196 e. The van der Waals surface area contributed by atoms with Gasteiger partial charge in [0.15, 0.2) is 29.1 Å². The zero-order chi connectivity index (χ0) is 17.7. The van der Waals surface area contributed by atoms with Gasteiger partial charge in [-0.15, -0.1) is 0 Å². The first-order valence-corrected chi connectivity index (χ1v) is 7.64. The number of aliphatic hydroxyl groups excluding tert-OH is 1. The van der Waals surface area contributed by atoms with Crippen molar-refractivity contribution in [2.75, 3.05) is 13.2 Å². The minimum atomic E-state index is -1.75. The zero-order valence-electron chi connectivity index (χ0n) is 12.5. The van der Waals surface area contributed by atoms with Crippen molar-refractivity contribution in [2.45, 2.75) is 26.3 Å². The Hall–Kier alpha value is -1.25. The van der Waals surface area contributed by atoms with Gasteiger partial charge in [0.2, 0.25) is 0 Å². The van der Waals surface area contributed by atoms with E-state index in [0.29, 0.717) is 6.42 Å². The van der Waals surface area contributed by atoms with Gasteiger partial charge in [-0.2, -0.15) is 0 Å².